The van der Waals surface area contributed by atoms with Gasteiger partial charge in [0.15, 0.2) is 5.65 Å². The van der Waals surface area contributed by atoms with Crippen LogP contribution in [-0.4, -0.2) is 25.7 Å². The van der Waals surface area contributed by atoms with Crippen LogP contribution in [0, 0.1) is 5.92 Å². The molecule has 0 bridgehead atoms. The summed E-state index contributed by atoms with van der Waals surface area (Å²) in [6, 6.07) is 7.66. The molecule has 1 amide bonds. The number of hydrogen-bond acceptors (Lipinski definition) is 3. The van der Waals surface area contributed by atoms with Crippen molar-refractivity contribution >= 4 is 22.8 Å². The van der Waals surface area contributed by atoms with Gasteiger partial charge in [-0.2, -0.15) is 5.10 Å². The zero-order chi connectivity index (χ0) is 17.2. The van der Waals surface area contributed by atoms with Crippen LogP contribution in [0.5, 0.6) is 0 Å². The molecule has 2 aromatic heterocycles. The predicted octanol–water partition coefficient (Wildman–Crippen LogP) is 3.74. The zero-order valence-corrected chi connectivity index (χ0v) is 14.2. The zero-order valence-electron chi connectivity index (χ0n) is 14.2. The van der Waals surface area contributed by atoms with Crippen LogP contribution >= 0.6 is 0 Å². The van der Waals surface area contributed by atoms with Gasteiger partial charge >= 0.3 is 0 Å². The number of carbonyl (C=O) groups excluding carboxylic acids is 1. The molecule has 2 N–H and O–H groups in total. The van der Waals surface area contributed by atoms with Gasteiger partial charge in [0.2, 0.25) is 5.91 Å². The van der Waals surface area contributed by atoms with E-state index >= 15 is 0 Å². The number of aromatic amines is 1. The molecule has 2 heterocycles. The Morgan fingerprint density at radius 3 is 2.88 bits per heavy atom. The van der Waals surface area contributed by atoms with Crippen LogP contribution in [0.25, 0.3) is 22.6 Å². The van der Waals surface area contributed by atoms with E-state index in [4.69, 9.17) is 4.98 Å². The molecular formula is C19H21N5O. The highest BCUT2D eigenvalue weighted by atomic mass is 16.1. The number of imidazole rings is 1. The summed E-state index contributed by atoms with van der Waals surface area (Å²) in [6.07, 6.45) is 9.84. The van der Waals surface area contributed by atoms with E-state index in [1.54, 1.807) is 0 Å². The quantitative estimate of drug-likeness (QED) is 0.713. The van der Waals surface area contributed by atoms with Gasteiger partial charge in [0, 0.05) is 24.7 Å². The third-order valence-corrected chi connectivity index (χ3v) is 4.57. The van der Waals surface area contributed by atoms with Crippen LogP contribution in [0.1, 0.15) is 26.2 Å². The highest BCUT2D eigenvalue weighted by molar-refractivity contribution is 5.89. The summed E-state index contributed by atoms with van der Waals surface area (Å²) in [5, 5.41) is 7.25. The minimum atomic E-state index is -0.0749. The Kier molecular flexibility index (Phi) is 4.09. The van der Waals surface area contributed by atoms with Crippen LogP contribution in [0.3, 0.4) is 0 Å². The Morgan fingerprint density at radius 2 is 2.16 bits per heavy atom. The molecule has 3 aromatic rings. The third-order valence-electron chi connectivity index (χ3n) is 4.57. The molecule has 1 aliphatic carbocycles. The van der Waals surface area contributed by atoms with E-state index in [0.29, 0.717) is 5.92 Å². The number of aromatic nitrogens is 4. The number of nitrogens with one attached hydrogen (secondary N) is 2. The molecule has 4 rings (SSSR count). The van der Waals surface area contributed by atoms with Crippen molar-refractivity contribution in [3.05, 3.63) is 42.6 Å². The standard InChI is InChI=1S/C19H21N5O/c1-13(25)21-16-9-7-15(8-10-16)18-22-17-11-20-24(19(17)23-18)12-14-5-3-2-4-6-14/h2-3,7-11,14H,4-6,12H2,1H3,(H,21,25)(H,22,23)/t14-/m1/s1. The number of fused-ring (bicyclic) bond motifs is 1. The SMILES string of the molecule is CC(=O)Nc1ccc(-c2nc3c(cnn3C[C@@H]3CC=CCC3)[nH]2)cc1. The average molecular weight is 335 g/mol. The van der Waals surface area contributed by atoms with Gasteiger partial charge in [0.05, 0.1) is 6.20 Å². The lowest BCUT2D eigenvalue weighted by Gasteiger charge is -2.17. The van der Waals surface area contributed by atoms with Gasteiger partial charge in [-0.05, 0) is 49.4 Å². The molecule has 0 saturated heterocycles. The number of anilines is 1. The molecule has 0 fully saturated rings. The number of rotatable bonds is 4. The predicted molar refractivity (Wildman–Crippen MR) is 98.1 cm³/mol. The van der Waals surface area contributed by atoms with Crippen molar-refractivity contribution in [2.24, 2.45) is 5.92 Å². The van der Waals surface area contributed by atoms with Crippen molar-refractivity contribution < 1.29 is 4.79 Å². The molecule has 0 spiro atoms. The molecule has 0 aliphatic heterocycles. The van der Waals surface area contributed by atoms with Gasteiger partial charge in [0.25, 0.3) is 0 Å². The van der Waals surface area contributed by atoms with E-state index in [1.807, 2.05) is 35.1 Å². The Bertz CT molecular complexity index is 919. The fourth-order valence-corrected chi connectivity index (χ4v) is 3.30. The molecule has 1 aliphatic rings. The summed E-state index contributed by atoms with van der Waals surface area (Å²) in [6.45, 7) is 2.40. The monoisotopic (exact) mass is 335 g/mol. The van der Waals surface area contributed by atoms with E-state index in [2.05, 4.69) is 27.6 Å². The van der Waals surface area contributed by atoms with Gasteiger partial charge < -0.3 is 10.3 Å². The van der Waals surface area contributed by atoms with Crippen LogP contribution in [0.4, 0.5) is 5.69 Å². The second-order valence-corrected chi connectivity index (χ2v) is 6.56. The fourth-order valence-electron chi connectivity index (χ4n) is 3.30. The normalized spacial score (nSPS) is 17.1. The summed E-state index contributed by atoms with van der Waals surface area (Å²) in [5.74, 6) is 1.37. The Labute approximate surface area is 146 Å². The Morgan fingerprint density at radius 1 is 1.32 bits per heavy atom. The molecule has 6 heteroatoms. The smallest absolute Gasteiger partial charge is 0.221 e. The summed E-state index contributed by atoms with van der Waals surface area (Å²) >= 11 is 0. The highest BCUT2D eigenvalue weighted by Crippen LogP contribution is 2.24. The number of benzene rings is 1. The first-order valence-corrected chi connectivity index (χ1v) is 8.63. The van der Waals surface area contributed by atoms with Gasteiger partial charge in [-0.25, -0.2) is 9.67 Å². The summed E-state index contributed by atoms with van der Waals surface area (Å²) in [4.78, 5) is 19.2. The van der Waals surface area contributed by atoms with Crippen molar-refractivity contribution in [3.63, 3.8) is 0 Å². The average Bonchev–Trinajstić information content (AvgIpc) is 3.18. The van der Waals surface area contributed by atoms with Gasteiger partial charge in [-0.1, -0.05) is 12.2 Å². The molecule has 0 radical (unpaired) electrons. The van der Waals surface area contributed by atoms with E-state index < -0.39 is 0 Å². The van der Waals surface area contributed by atoms with Crippen molar-refractivity contribution in [1.82, 2.24) is 19.7 Å². The molecule has 1 atom stereocenters. The molecule has 0 unspecified atom stereocenters. The minimum Gasteiger partial charge on any atom is -0.335 e. The first-order valence-electron chi connectivity index (χ1n) is 8.63. The minimum absolute atomic E-state index is 0.0749. The van der Waals surface area contributed by atoms with Crippen LogP contribution in [-0.2, 0) is 11.3 Å². The number of carbonyl (C=O) groups is 1. The van der Waals surface area contributed by atoms with Gasteiger partial charge in [0.1, 0.15) is 11.3 Å². The summed E-state index contributed by atoms with van der Waals surface area (Å²) in [7, 11) is 0. The van der Waals surface area contributed by atoms with Crippen LogP contribution < -0.4 is 5.32 Å². The number of amides is 1. The second-order valence-electron chi connectivity index (χ2n) is 6.56. The first-order chi connectivity index (χ1) is 12.2. The lowest BCUT2D eigenvalue weighted by Crippen LogP contribution is -2.13. The molecule has 25 heavy (non-hydrogen) atoms. The molecule has 6 nitrogen and oxygen atoms in total. The third kappa shape index (κ3) is 3.33. The van der Waals surface area contributed by atoms with Crippen molar-refractivity contribution in [2.75, 3.05) is 5.32 Å². The van der Waals surface area contributed by atoms with E-state index in [-0.39, 0.29) is 5.91 Å². The maximum absolute atomic E-state index is 11.1. The van der Waals surface area contributed by atoms with E-state index in [0.717, 1.165) is 47.6 Å². The van der Waals surface area contributed by atoms with E-state index in [1.165, 1.54) is 13.3 Å². The van der Waals surface area contributed by atoms with Crippen molar-refractivity contribution in [2.45, 2.75) is 32.7 Å². The summed E-state index contributed by atoms with van der Waals surface area (Å²) < 4.78 is 2.00. The van der Waals surface area contributed by atoms with Crippen molar-refractivity contribution in [1.29, 1.82) is 0 Å². The number of hydrogen-bond donors (Lipinski definition) is 2. The molecule has 1 aromatic carbocycles. The maximum Gasteiger partial charge on any atom is 0.221 e. The fraction of sp³-hybridized carbons (Fsp3) is 0.316. The van der Waals surface area contributed by atoms with Crippen LogP contribution in [0.2, 0.25) is 0 Å². The number of allylic oxidation sites excluding steroid dienone is 2. The molecule has 128 valence electrons. The first kappa shape index (κ1) is 15.6. The maximum atomic E-state index is 11.1. The van der Waals surface area contributed by atoms with Gasteiger partial charge in [-0.3, -0.25) is 4.79 Å². The van der Waals surface area contributed by atoms with Crippen LogP contribution in [0.15, 0.2) is 42.6 Å². The molecule has 0 saturated carbocycles. The number of nitrogens with zero attached hydrogens (tertiary/aromatic N) is 3. The highest BCUT2D eigenvalue weighted by Gasteiger charge is 2.15. The number of H-pyrrole nitrogens is 1. The van der Waals surface area contributed by atoms with Crippen molar-refractivity contribution in [3.8, 4) is 11.4 Å². The topological polar surface area (TPSA) is 75.6 Å². The summed E-state index contributed by atoms with van der Waals surface area (Å²) in [5.41, 5.74) is 3.61. The Hall–Kier alpha value is -2.89. The van der Waals surface area contributed by atoms with Gasteiger partial charge in [-0.15, -0.1) is 0 Å². The second kappa shape index (κ2) is 6.55. The lowest BCUT2D eigenvalue weighted by molar-refractivity contribution is -0.114. The van der Waals surface area contributed by atoms with E-state index in [9.17, 15) is 4.79 Å². The molecular weight excluding hydrogens is 314 g/mol. The largest absolute Gasteiger partial charge is 0.335 e. The lowest BCUT2D eigenvalue weighted by atomic mass is 9.94. The Balaban J connectivity index is 1.57.